The first-order valence-electron chi connectivity index (χ1n) is 10.3. The minimum atomic E-state index is -0.480. The Balaban J connectivity index is 0.00000245. The van der Waals surface area contributed by atoms with E-state index in [4.69, 9.17) is 15.6 Å². The van der Waals surface area contributed by atoms with Crippen LogP contribution in [0.5, 0.6) is 11.5 Å². The molecule has 32 heavy (non-hydrogen) atoms. The summed E-state index contributed by atoms with van der Waals surface area (Å²) in [5, 5.41) is 8.01. The Morgan fingerprint density at radius 3 is 2.28 bits per heavy atom. The van der Waals surface area contributed by atoms with Crippen LogP contribution in [-0.2, 0) is 6.54 Å². The zero-order chi connectivity index (χ0) is 21.2. The number of carbonyl (C=O) groups excluding carboxylic acids is 1. The van der Waals surface area contributed by atoms with E-state index in [9.17, 15) is 4.79 Å². The lowest BCUT2D eigenvalue weighted by Gasteiger charge is -2.15. The highest BCUT2D eigenvalue weighted by atomic mass is 35.5. The molecule has 0 saturated carbocycles. The second-order valence-electron chi connectivity index (χ2n) is 7.43. The topological polar surface area (TPSA) is 82.2 Å². The van der Waals surface area contributed by atoms with E-state index in [0.29, 0.717) is 17.1 Å². The fraction of sp³-hybridized carbons (Fsp3) is 0.120. The number of hydrogen-bond acceptors (Lipinski definition) is 4. The van der Waals surface area contributed by atoms with E-state index in [-0.39, 0.29) is 12.4 Å². The summed E-state index contributed by atoms with van der Waals surface area (Å²) < 4.78 is 7.74. The normalized spacial score (nSPS) is 12.2. The van der Waals surface area contributed by atoms with Crippen LogP contribution in [0.15, 0.2) is 78.9 Å². The van der Waals surface area contributed by atoms with Crippen molar-refractivity contribution in [2.75, 3.05) is 11.9 Å². The van der Waals surface area contributed by atoms with Crippen molar-refractivity contribution < 1.29 is 9.53 Å². The third kappa shape index (κ3) is 4.05. The Hall–Kier alpha value is -3.77. The number of hydrogen-bond donors (Lipinski definition) is 2. The molecule has 4 aromatic rings. The van der Waals surface area contributed by atoms with Crippen LogP contribution >= 0.6 is 12.4 Å². The molecule has 7 heteroatoms. The number of nitrogens with one attached hydrogen (secondary N) is 1. The maximum atomic E-state index is 12.3. The highest BCUT2D eigenvalue weighted by Gasteiger charge is 2.26. The number of fused-ring (bicyclic) bond motifs is 1. The van der Waals surface area contributed by atoms with Gasteiger partial charge in [0.15, 0.2) is 0 Å². The maximum absolute atomic E-state index is 12.3. The summed E-state index contributed by atoms with van der Waals surface area (Å²) in [4.78, 5) is 12.3. The summed E-state index contributed by atoms with van der Waals surface area (Å²) in [7, 11) is 0. The molecular weight excluding hydrogens is 424 g/mol. The lowest BCUT2D eigenvalue weighted by molar-refractivity contribution is 0.100. The van der Waals surface area contributed by atoms with Crippen LogP contribution in [0.4, 0.5) is 5.82 Å². The number of ether oxygens (including phenoxy) is 1. The van der Waals surface area contributed by atoms with E-state index in [1.54, 1.807) is 0 Å². The molecule has 2 heterocycles. The van der Waals surface area contributed by atoms with Gasteiger partial charge < -0.3 is 15.8 Å². The number of rotatable bonds is 5. The Kier molecular flexibility index (Phi) is 6.14. The van der Waals surface area contributed by atoms with Crippen molar-refractivity contribution >= 4 is 24.1 Å². The number of aromatic nitrogens is 2. The fourth-order valence-corrected chi connectivity index (χ4v) is 3.93. The van der Waals surface area contributed by atoms with Gasteiger partial charge in [-0.05, 0) is 41.8 Å². The number of aryl methyl sites for hydroxylation is 1. The molecule has 0 bridgehead atoms. The molecular formula is C25H23ClN4O2. The highest BCUT2D eigenvalue weighted by molar-refractivity contribution is 6.05. The monoisotopic (exact) mass is 446 g/mol. The third-order valence-electron chi connectivity index (χ3n) is 5.36. The van der Waals surface area contributed by atoms with Crippen LogP contribution in [0.25, 0.3) is 22.4 Å². The van der Waals surface area contributed by atoms with Crippen molar-refractivity contribution in [3.8, 4) is 33.9 Å². The van der Waals surface area contributed by atoms with Gasteiger partial charge in [0, 0.05) is 18.7 Å². The van der Waals surface area contributed by atoms with E-state index < -0.39 is 5.91 Å². The molecule has 3 aromatic carbocycles. The summed E-state index contributed by atoms with van der Waals surface area (Å²) in [6.45, 7) is 1.56. The van der Waals surface area contributed by atoms with Gasteiger partial charge in [0.25, 0.3) is 5.91 Å². The first kappa shape index (κ1) is 21.5. The van der Waals surface area contributed by atoms with Crippen molar-refractivity contribution in [2.24, 2.45) is 5.73 Å². The van der Waals surface area contributed by atoms with Crippen molar-refractivity contribution in [2.45, 2.75) is 13.0 Å². The number of halogens is 1. The number of carbonyl (C=O) groups is 1. The molecule has 6 nitrogen and oxygen atoms in total. The van der Waals surface area contributed by atoms with Gasteiger partial charge in [0.1, 0.15) is 28.6 Å². The van der Waals surface area contributed by atoms with Crippen molar-refractivity contribution in [3.63, 3.8) is 0 Å². The van der Waals surface area contributed by atoms with Crippen LogP contribution in [0, 0.1) is 0 Å². The van der Waals surface area contributed by atoms with Crippen LogP contribution in [0.1, 0.15) is 16.8 Å². The Morgan fingerprint density at radius 1 is 0.906 bits per heavy atom. The molecule has 0 spiro atoms. The Bertz CT molecular complexity index is 1240. The molecule has 0 radical (unpaired) electrons. The van der Waals surface area contributed by atoms with Crippen molar-refractivity contribution in [3.05, 3.63) is 84.4 Å². The lowest BCUT2D eigenvalue weighted by Crippen LogP contribution is -2.21. The Morgan fingerprint density at radius 2 is 1.56 bits per heavy atom. The molecule has 0 atom stereocenters. The van der Waals surface area contributed by atoms with Crippen molar-refractivity contribution in [1.29, 1.82) is 0 Å². The van der Waals surface area contributed by atoms with Crippen LogP contribution < -0.4 is 15.8 Å². The number of nitrogens with zero attached hydrogens (tertiary/aromatic N) is 2. The second-order valence-corrected chi connectivity index (χ2v) is 7.43. The number of para-hydroxylation sites is 1. The zero-order valence-electron chi connectivity index (χ0n) is 17.3. The first-order valence-corrected chi connectivity index (χ1v) is 10.3. The van der Waals surface area contributed by atoms with Crippen molar-refractivity contribution in [1.82, 2.24) is 9.78 Å². The van der Waals surface area contributed by atoms with Gasteiger partial charge >= 0.3 is 0 Å². The van der Waals surface area contributed by atoms with Crippen LogP contribution in [-0.4, -0.2) is 22.2 Å². The molecule has 0 unspecified atom stereocenters. The average molecular weight is 447 g/mol. The standard InChI is InChI=1S/C25H22N4O2.ClH/c26-24(30)22-23(28-29-16-6-15-27-25(22)29)21-10-5-4-9-20(21)17-11-13-19(14-12-17)31-18-7-2-1-3-8-18;/h1-5,7-14,27H,6,15-16H2,(H2,26,30);1H. The van der Waals surface area contributed by atoms with Gasteiger partial charge in [-0.15, -0.1) is 12.4 Å². The predicted octanol–water partition coefficient (Wildman–Crippen LogP) is 5.35. The number of benzene rings is 3. The zero-order valence-corrected chi connectivity index (χ0v) is 18.1. The second kappa shape index (κ2) is 9.16. The predicted molar refractivity (Wildman–Crippen MR) is 128 cm³/mol. The molecule has 0 fully saturated rings. The average Bonchev–Trinajstić information content (AvgIpc) is 3.20. The molecule has 162 valence electrons. The van der Waals surface area contributed by atoms with Gasteiger partial charge in [0.05, 0.1) is 0 Å². The minimum Gasteiger partial charge on any atom is -0.457 e. The number of nitrogens with two attached hydrogens (primary N) is 1. The van der Waals surface area contributed by atoms with Crippen LogP contribution in [0.3, 0.4) is 0 Å². The van der Waals surface area contributed by atoms with Gasteiger partial charge in [-0.1, -0.05) is 54.6 Å². The van der Waals surface area contributed by atoms with E-state index in [1.807, 2.05) is 83.5 Å². The SMILES string of the molecule is Cl.NC(=O)c1c(-c2ccccc2-c2ccc(Oc3ccccc3)cc2)nn2c1NCCC2. The molecule has 0 aliphatic carbocycles. The largest absolute Gasteiger partial charge is 0.457 e. The minimum absolute atomic E-state index is 0. The van der Waals surface area contributed by atoms with Gasteiger partial charge in [-0.3, -0.25) is 4.79 Å². The smallest absolute Gasteiger partial charge is 0.254 e. The summed E-state index contributed by atoms with van der Waals surface area (Å²) in [5.74, 6) is 1.77. The summed E-state index contributed by atoms with van der Waals surface area (Å²) >= 11 is 0. The molecule has 1 aromatic heterocycles. The lowest BCUT2D eigenvalue weighted by atomic mass is 9.95. The molecule has 1 aliphatic rings. The summed E-state index contributed by atoms with van der Waals surface area (Å²) in [6.07, 6.45) is 0.955. The quantitative estimate of drug-likeness (QED) is 0.433. The number of anilines is 1. The van der Waals surface area contributed by atoms with Gasteiger partial charge in [0.2, 0.25) is 0 Å². The first-order chi connectivity index (χ1) is 15.2. The molecule has 1 aliphatic heterocycles. The van der Waals surface area contributed by atoms with Crippen LogP contribution in [0.2, 0.25) is 0 Å². The molecule has 1 amide bonds. The third-order valence-corrected chi connectivity index (χ3v) is 5.36. The highest BCUT2D eigenvalue weighted by Crippen LogP contribution is 2.37. The van der Waals surface area contributed by atoms with E-state index in [1.165, 1.54) is 0 Å². The summed E-state index contributed by atoms with van der Waals surface area (Å²) in [5.41, 5.74) is 9.66. The van der Waals surface area contributed by atoms with E-state index in [0.717, 1.165) is 47.7 Å². The number of primary amides is 1. The molecule has 5 rings (SSSR count). The van der Waals surface area contributed by atoms with E-state index in [2.05, 4.69) is 5.32 Å². The molecule has 3 N–H and O–H groups in total. The van der Waals surface area contributed by atoms with Gasteiger partial charge in [-0.25, -0.2) is 4.68 Å². The Labute approximate surface area is 192 Å². The van der Waals surface area contributed by atoms with E-state index >= 15 is 0 Å². The fourth-order valence-electron chi connectivity index (χ4n) is 3.93. The van der Waals surface area contributed by atoms with Gasteiger partial charge in [-0.2, -0.15) is 5.10 Å². The summed E-state index contributed by atoms with van der Waals surface area (Å²) in [6, 6.07) is 25.5. The number of amides is 1. The maximum Gasteiger partial charge on any atom is 0.254 e. The molecule has 0 saturated heterocycles.